The van der Waals surface area contributed by atoms with Crippen LogP contribution in [0.15, 0.2) is 182 Å². The smallest absolute Gasteiger partial charge is 0.351 e. The summed E-state index contributed by atoms with van der Waals surface area (Å²) >= 11 is 0. The first-order chi connectivity index (χ1) is 33.7. The van der Waals surface area contributed by atoms with Crippen molar-refractivity contribution in [1.82, 2.24) is 19.4 Å². The Bertz CT molecular complexity index is 3660. The van der Waals surface area contributed by atoms with Gasteiger partial charge < -0.3 is 19.4 Å². The van der Waals surface area contributed by atoms with E-state index in [1.165, 1.54) is 42.7 Å². The van der Waals surface area contributed by atoms with Gasteiger partial charge in [-0.05, 0) is 116 Å². The number of para-hydroxylation sites is 1. The number of fused-ring (bicyclic) bond motifs is 8. The van der Waals surface area contributed by atoms with Gasteiger partial charge in [-0.2, -0.15) is 0 Å². The molecule has 0 radical (unpaired) electrons. The van der Waals surface area contributed by atoms with E-state index in [9.17, 15) is 11.0 Å². The van der Waals surface area contributed by atoms with Crippen LogP contribution in [0, 0.1) is 25.1 Å². The van der Waals surface area contributed by atoms with Gasteiger partial charge in [0.25, 0.3) is 0 Å². The molecular weight excluding hydrogens is 945 g/mol. The number of aromatic nitrogens is 4. The van der Waals surface area contributed by atoms with E-state index >= 15 is 0 Å². The summed E-state index contributed by atoms with van der Waals surface area (Å²) in [4.78, 5) is 14.1. The summed E-state index contributed by atoms with van der Waals surface area (Å²) in [6.45, 7) is 2.11. The van der Waals surface area contributed by atoms with Crippen LogP contribution in [0.3, 0.4) is 0 Å². The first-order valence-corrected chi connectivity index (χ1v) is 20.4. The Balaban J connectivity index is 0.00000582. The van der Waals surface area contributed by atoms with Crippen LogP contribution >= 0.6 is 0 Å². The third-order valence-corrected chi connectivity index (χ3v) is 11.3. The summed E-state index contributed by atoms with van der Waals surface area (Å²) in [5.74, 6) is 0. The zero-order valence-electron chi connectivity index (χ0n) is 41.9. The molecule has 5 heteroatoms. The van der Waals surface area contributed by atoms with Gasteiger partial charge in [-0.1, -0.05) is 91.0 Å². The predicted octanol–water partition coefficient (Wildman–Crippen LogP) is 13.5. The van der Waals surface area contributed by atoms with Gasteiger partial charge in [0.1, 0.15) is 0 Å². The second kappa shape index (κ2) is 17.4. The predicted molar refractivity (Wildman–Crippen MR) is 254 cm³/mol. The van der Waals surface area contributed by atoms with Crippen molar-refractivity contribution in [1.29, 1.82) is 0 Å². The van der Waals surface area contributed by atoms with Crippen molar-refractivity contribution in [2.24, 2.45) is 0 Å². The summed E-state index contributed by atoms with van der Waals surface area (Å²) in [5.41, 5.74) is 9.30. The monoisotopic (exact) mass is 994 g/mol. The number of hydrogen-bond acceptors (Lipinski definition) is 3. The topological polar surface area (TPSA) is 43.1 Å². The number of rotatable bonds is 10. The van der Waals surface area contributed by atoms with Crippen LogP contribution in [0.4, 0.5) is 0 Å². The minimum absolute atomic E-state index is 0. The van der Waals surface area contributed by atoms with Gasteiger partial charge in [0.05, 0.1) is 0 Å². The first kappa shape index (κ1) is 31.8. The summed E-state index contributed by atoms with van der Waals surface area (Å²) < 4.78 is 78.5. The first-order valence-electron chi connectivity index (χ1n) is 24.4. The molecule has 0 spiro atoms. The second-order valence-electron chi connectivity index (χ2n) is 15.1. The van der Waals surface area contributed by atoms with Crippen molar-refractivity contribution >= 4 is 38.2 Å². The molecule has 0 bridgehead atoms. The van der Waals surface area contributed by atoms with E-state index in [0.29, 0.717) is 39.2 Å². The van der Waals surface area contributed by atoms with Gasteiger partial charge in [-0.3, -0.25) is 0 Å². The van der Waals surface area contributed by atoms with Gasteiger partial charge in [0, 0.05) is 46.0 Å². The fourth-order valence-electron chi connectivity index (χ4n) is 8.33. The van der Waals surface area contributed by atoms with Crippen molar-refractivity contribution in [2.45, 2.75) is 32.4 Å². The van der Waals surface area contributed by atoms with E-state index < -0.39 is 25.5 Å². The van der Waals surface area contributed by atoms with E-state index in [2.05, 4.69) is 63.8 Å². The van der Waals surface area contributed by atoms with Gasteiger partial charge in [0.15, 0.2) is 0 Å². The second-order valence-corrected chi connectivity index (χ2v) is 15.1. The molecule has 0 saturated carbocycles. The van der Waals surface area contributed by atoms with Crippen LogP contribution in [0.2, 0.25) is 0 Å². The number of benzene rings is 6. The number of pyridine rings is 4. The maximum absolute atomic E-state index is 9.64. The molecule has 0 atom stereocenters. The number of nitrogens with zero attached hydrogens (tertiary/aromatic N) is 4. The van der Waals surface area contributed by atoms with Gasteiger partial charge >= 0.3 is 20.1 Å². The molecule has 0 aliphatic heterocycles. The molecule has 0 unspecified atom stereocenters. The number of aryl methyl sites for hydroxylation is 5. The van der Waals surface area contributed by atoms with Crippen molar-refractivity contribution in [2.75, 3.05) is 0 Å². The quantitative estimate of drug-likeness (QED) is 0.101. The fourth-order valence-corrected chi connectivity index (χ4v) is 8.33. The molecule has 6 aromatic carbocycles. The van der Waals surface area contributed by atoms with Crippen LogP contribution in [-0.2, 0) is 45.6 Å². The molecule has 11 rings (SSSR count). The van der Waals surface area contributed by atoms with Crippen LogP contribution in [0.1, 0.15) is 38.8 Å². The van der Waals surface area contributed by atoms with E-state index in [-0.39, 0.29) is 42.4 Å². The molecule has 5 aromatic heterocycles. The Morgan fingerprint density at radius 3 is 1.68 bits per heavy atom. The minimum atomic E-state index is -2.81. The van der Waals surface area contributed by atoms with Gasteiger partial charge in [-0.15, -0.1) is 101 Å². The third kappa shape index (κ3) is 7.76. The Morgan fingerprint density at radius 2 is 1.06 bits per heavy atom. The molecule has 5 heterocycles. The minimum Gasteiger partial charge on any atom is -0.351 e. The maximum Gasteiger partial charge on any atom is 3.00 e. The van der Waals surface area contributed by atoms with Crippen LogP contribution < -0.4 is 0 Å². The van der Waals surface area contributed by atoms with E-state index in [1.807, 2.05) is 84.9 Å². The zero-order valence-corrected chi connectivity index (χ0v) is 36.3. The van der Waals surface area contributed by atoms with Crippen molar-refractivity contribution in [3.05, 3.63) is 228 Å². The van der Waals surface area contributed by atoms with Gasteiger partial charge in [0.2, 0.25) is 0 Å². The normalized spacial score (nSPS) is 14.2. The fraction of sp³-hybridized carbons (Fsp3) is 0.0862. The molecule has 0 amide bonds. The van der Waals surface area contributed by atoms with Crippen molar-refractivity contribution in [3.63, 3.8) is 0 Å². The molecule has 11 aromatic rings. The molecule has 0 saturated heterocycles. The Labute approximate surface area is 392 Å². The maximum atomic E-state index is 9.64. The average molecular weight is 994 g/mol. The molecular formula is C58H41IrN4. The molecule has 63 heavy (non-hydrogen) atoms. The molecule has 4 nitrogen and oxygen atoms in total. The van der Waals surface area contributed by atoms with E-state index in [1.54, 1.807) is 30.5 Å². The summed E-state index contributed by atoms with van der Waals surface area (Å²) in [5, 5.41) is 2.87. The summed E-state index contributed by atoms with van der Waals surface area (Å²) in [6, 6.07) is 58.6. The van der Waals surface area contributed by atoms with Gasteiger partial charge in [-0.25, -0.2) is 0 Å². The van der Waals surface area contributed by atoms with Crippen molar-refractivity contribution < 1.29 is 31.1 Å². The number of hydrogen-bond donors (Lipinski definition) is 0. The van der Waals surface area contributed by atoms with Crippen molar-refractivity contribution in [3.8, 4) is 44.8 Å². The third-order valence-electron chi connectivity index (χ3n) is 11.3. The SMILES string of the molecule is [2H]C([2H])(c1ccc(-c2[c-]cccc2)nc1)C([2H])([2H])c1cc(-c2ccccc2-c2cnc3c4[c-]cccc4n4c5ccccc5c(C)c4c3c2)cc(C([2H])([2H])C([2H])([2H])c2ccc(-c3[c-]cccc3)nc2)c1.[Ir+3]. The summed E-state index contributed by atoms with van der Waals surface area (Å²) in [7, 11) is 0. The van der Waals surface area contributed by atoms with Crippen LogP contribution in [0.25, 0.3) is 83.0 Å². The van der Waals surface area contributed by atoms with Crippen LogP contribution in [0.5, 0.6) is 0 Å². The largest absolute Gasteiger partial charge is 3.00 e. The zero-order chi connectivity index (χ0) is 48.6. The molecule has 0 aliphatic carbocycles. The Morgan fingerprint density at radius 1 is 0.492 bits per heavy atom. The molecule has 302 valence electrons. The Kier molecular flexibility index (Phi) is 8.76. The van der Waals surface area contributed by atoms with Crippen LogP contribution in [-0.4, -0.2) is 19.4 Å². The molecule has 0 N–H and O–H groups in total. The molecule has 0 fully saturated rings. The molecule has 0 aliphatic rings. The average Bonchev–Trinajstić information content (AvgIpc) is 3.70. The van der Waals surface area contributed by atoms with E-state index in [4.69, 9.17) is 4.98 Å². The summed E-state index contributed by atoms with van der Waals surface area (Å²) in [6.07, 6.45) is -6.61. The Hall–Kier alpha value is -7.04. The van der Waals surface area contributed by atoms with E-state index in [0.717, 1.165) is 49.4 Å². The standard InChI is InChI=1S/C58H41N4.Ir/c1-39-48-18-10-12-22-55(48)62-56-23-13-11-21-51(56)57-52(58(39)62)35-47(38-61-57)50-20-9-8-19-49(50)46-33-42(26-24-40-28-30-53(59-36-40)44-14-4-2-5-15-44)32-43(34-46)27-25-41-29-31-54(60-37-41)45-16-6-3-7-17-45;/h2-14,16,18-20,22-23,28-38H,24-27H2,1H3;/q-3;+3/i24D2,25D2,26D2,27D2;.